The van der Waals surface area contributed by atoms with Crippen LogP contribution in [-0.2, 0) is 10.0 Å². The minimum absolute atomic E-state index is 0.166. The number of hydrogen-bond donors (Lipinski definition) is 2. The van der Waals surface area contributed by atoms with E-state index in [1.54, 1.807) is 30.5 Å². The summed E-state index contributed by atoms with van der Waals surface area (Å²) in [7, 11) is -3.61. The monoisotopic (exact) mass is 287 g/mol. The van der Waals surface area contributed by atoms with Crippen molar-refractivity contribution in [3.63, 3.8) is 0 Å². The predicted molar refractivity (Wildman–Crippen MR) is 77.4 cm³/mol. The van der Waals surface area contributed by atoms with Gasteiger partial charge in [0.25, 0.3) is 10.0 Å². The Labute approximate surface area is 117 Å². The Morgan fingerprint density at radius 3 is 2.55 bits per heavy atom. The number of nitrogens with zero attached hydrogens (tertiary/aromatic N) is 1. The van der Waals surface area contributed by atoms with Crippen LogP contribution >= 0.6 is 0 Å². The molecule has 20 heavy (non-hydrogen) atoms. The van der Waals surface area contributed by atoms with Crippen LogP contribution in [0.3, 0.4) is 0 Å². The van der Waals surface area contributed by atoms with Gasteiger partial charge in [0.1, 0.15) is 0 Å². The van der Waals surface area contributed by atoms with Crippen LogP contribution in [0.25, 0.3) is 0 Å². The fraction of sp³-hybridized carbons (Fsp3) is 0.0714. The average Bonchev–Trinajstić information content (AvgIpc) is 2.46. The smallest absolute Gasteiger partial charge is 0.261 e. The molecule has 6 heteroatoms. The van der Waals surface area contributed by atoms with Gasteiger partial charge in [0.2, 0.25) is 0 Å². The predicted octanol–water partition coefficient (Wildman–Crippen LogP) is 1.19. The van der Waals surface area contributed by atoms with E-state index in [2.05, 4.69) is 21.5 Å². The summed E-state index contributed by atoms with van der Waals surface area (Å²) in [6, 6.07) is 9.56. The zero-order valence-corrected chi connectivity index (χ0v) is 11.4. The van der Waals surface area contributed by atoms with Gasteiger partial charge in [0.15, 0.2) is 0 Å². The SMILES string of the molecule is NCC#Cc1ccc(S(=O)(=O)Nc2cccnc2)cc1. The van der Waals surface area contributed by atoms with Gasteiger partial charge in [0, 0.05) is 11.8 Å². The van der Waals surface area contributed by atoms with E-state index in [9.17, 15) is 8.42 Å². The van der Waals surface area contributed by atoms with Crippen LogP contribution in [0, 0.1) is 11.8 Å². The number of pyridine rings is 1. The first-order chi connectivity index (χ1) is 9.62. The molecule has 0 bridgehead atoms. The molecule has 1 aromatic heterocycles. The molecule has 0 saturated heterocycles. The second-order valence-electron chi connectivity index (χ2n) is 3.88. The van der Waals surface area contributed by atoms with Crippen LogP contribution in [0.1, 0.15) is 5.56 Å². The van der Waals surface area contributed by atoms with E-state index in [0.29, 0.717) is 5.69 Å². The highest BCUT2D eigenvalue weighted by Gasteiger charge is 2.13. The van der Waals surface area contributed by atoms with Crippen molar-refractivity contribution in [2.24, 2.45) is 5.73 Å². The van der Waals surface area contributed by atoms with E-state index in [1.165, 1.54) is 18.3 Å². The first-order valence-electron chi connectivity index (χ1n) is 5.84. The zero-order chi connectivity index (χ0) is 14.4. The molecule has 0 unspecified atom stereocenters. The summed E-state index contributed by atoms with van der Waals surface area (Å²) in [4.78, 5) is 4.02. The van der Waals surface area contributed by atoms with Gasteiger partial charge >= 0.3 is 0 Å². The molecule has 102 valence electrons. The molecule has 5 nitrogen and oxygen atoms in total. The largest absolute Gasteiger partial charge is 0.320 e. The van der Waals surface area contributed by atoms with Crippen LogP contribution in [0.15, 0.2) is 53.7 Å². The van der Waals surface area contributed by atoms with Crippen molar-refractivity contribution in [1.29, 1.82) is 0 Å². The van der Waals surface area contributed by atoms with Crippen molar-refractivity contribution < 1.29 is 8.42 Å². The molecule has 0 spiro atoms. The summed E-state index contributed by atoms with van der Waals surface area (Å²) in [5, 5.41) is 0. The molecule has 0 fully saturated rings. The highest BCUT2D eigenvalue weighted by Crippen LogP contribution is 2.15. The van der Waals surface area contributed by atoms with Crippen molar-refractivity contribution in [2.45, 2.75) is 4.90 Å². The Morgan fingerprint density at radius 2 is 1.95 bits per heavy atom. The number of hydrogen-bond acceptors (Lipinski definition) is 4. The molecule has 0 radical (unpaired) electrons. The third-order valence-corrected chi connectivity index (χ3v) is 3.81. The van der Waals surface area contributed by atoms with E-state index in [1.807, 2.05) is 0 Å². The maximum atomic E-state index is 12.1. The molecular weight excluding hydrogens is 274 g/mol. The Kier molecular flexibility index (Phi) is 4.35. The van der Waals surface area contributed by atoms with Crippen LogP contribution in [0.2, 0.25) is 0 Å². The van der Waals surface area contributed by atoms with Crippen LogP contribution < -0.4 is 10.5 Å². The topological polar surface area (TPSA) is 85.1 Å². The van der Waals surface area contributed by atoms with Gasteiger partial charge in [0.05, 0.1) is 23.3 Å². The van der Waals surface area contributed by atoms with Gasteiger partial charge in [-0.05, 0) is 36.4 Å². The summed E-state index contributed by atoms with van der Waals surface area (Å²) in [6.07, 6.45) is 3.02. The van der Waals surface area contributed by atoms with E-state index >= 15 is 0 Å². The van der Waals surface area contributed by atoms with E-state index in [4.69, 9.17) is 5.73 Å². The number of nitrogens with two attached hydrogens (primary N) is 1. The molecule has 2 rings (SSSR count). The highest BCUT2D eigenvalue weighted by atomic mass is 32.2. The van der Waals surface area contributed by atoms with Crippen molar-refractivity contribution in [1.82, 2.24) is 4.98 Å². The van der Waals surface area contributed by atoms with Crippen LogP contribution in [0.4, 0.5) is 5.69 Å². The number of aromatic nitrogens is 1. The second-order valence-corrected chi connectivity index (χ2v) is 5.56. The average molecular weight is 287 g/mol. The van der Waals surface area contributed by atoms with Gasteiger partial charge < -0.3 is 5.73 Å². The quantitative estimate of drug-likeness (QED) is 0.830. The number of rotatable bonds is 3. The third kappa shape index (κ3) is 3.57. The molecule has 0 amide bonds. The summed E-state index contributed by atoms with van der Waals surface area (Å²) < 4.78 is 26.7. The summed E-state index contributed by atoms with van der Waals surface area (Å²) in [5.74, 6) is 5.54. The van der Waals surface area contributed by atoms with Gasteiger partial charge in [-0.2, -0.15) is 0 Å². The lowest BCUT2D eigenvalue weighted by molar-refractivity contribution is 0.601. The summed E-state index contributed by atoms with van der Waals surface area (Å²) in [5.41, 5.74) is 6.41. The molecule has 0 saturated carbocycles. The number of anilines is 1. The van der Waals surface area contributed by atoms with Crippen molar-refractivity contribution >= 4 is 15.7 Å². The normalized spacial score (nSPS) is 10.4. The van der Waals surface area contributed by atoms with E-state index < -0.39 is 10.0 Å². The molecule has 0 aliphatic rings. The van der Waals surface area contributed by atoms with Crippen LogP contribution in [-0.4, -0.2) is 19.9 Å². The second kappa shape index (κ2) is 6.19. The summed E-state index contributed by atoms with van der Waals surface area (Å²) in [6.45, 7) is 0.266. The van der Waals surface area contributed by atoms with Crippen LogP contribution in [0.5, 0.6) is 0 Å². The minimum Gasteiger partial charge on any atom is -0.320 e. The van der Waals surface area contributed by atoms with Crippen molar-refractivity contribution in [2.75, 3.05) is 11.3 Å². The molecule has 2 aromatic rings. The fourth-order valence-electron chi connectivity index (χ4n) is 1.51. The molecular formula is C14H13N3O2S. The Bertz CT molecular complexity index is 729. The van der Waals surface area contributed by atoms with Gasteiger partial charge in [-0.15, -0.1) is 0 Å². The lowest BCUT2D eigenvalue weighted by Gasteiger charge is -2.07. The fourth-order valence-corrected chi connectivity index (χ4v) is 2.55. The van der Waals surface area contributed by atoms with Gasteiger partial charge in [-0.25, -0.2) is 8.42 Å². The summed E-state index contributed by atoms with van der Waals surface area (Å²) >= 11 is 0. The van der Waals surface area contributed by atoms with Crippen molar-refractivity contribution in [3.05, 3.63) is 54.4 Å². The maximum Gasteiger partial charge on any atom is 0.261 e. The van der Waals surface area contributed by atoms with Crippen molar-refractivity contribution in [3.8, 4) is 11.8 Å². The lowest BCUT2D eigenvalue weighted by atomic mass is 10.2. The maximum absolute atomic E-state index is 12.1. The molecule has 3 N–H and O–H groups in total. The standard InChI is InChI=1S/C14H13N3O2S/c15-9-1-3-12-5-7-14(8-6-12)20(18,19)17-13-4-2-10-16-11-13/h2,4-8,10-11,17H,9,15H2. The molecule has 1 heterocycles. The Balaban J connectivity index is 2.22. The van der Waals surface area contributed by atoms with E-state index in [-0.39, 0.29) is 11.4 Å². The van der Waals surface area contributed by atoms with Gasteiger partial charge in [-0.1, -0.05) is 11.8 Å². The lowest BCUT2D eigenvalue weighted by Crippen LogP contribution is -2.12. The number of sulfonamides is 1. The highest BCUT2D eigenvalue weighted by molar-refractivity contribution is 7.92. The Morgan fingerprint density at radius 1 is 1.20 bits per heavy atom. The van der Waals surface area contributed by atoms with Gasteiger partial charge in [-0.3, -0.25) is 9.71 Å². The molecule has 0 atom stereocenters. The first kappa shape index (κ1) is 14.1. The molecule has 0 aliphatic carbocycles. The zero-order valence-electron chi connectivity index (χ0n) is 10.6. The number of benzene rings is 1. The molecule has 0 aliphatic heterocycles. The Hall–Kier alpha value is -2.36. The van der Waals surface area contributed by atoms with E-state index in [0.717, 1.165) is 5.56 Å². The minimum atomic E-state index is -3.61. The number of nitrogens with one attached hydrogen (secondary N) is 1. The third-order valence-electron chi connectivity index (χ3n) is 2.41. The first-order valence-corrected chi connectivity index (χ1v) is 7.32. The molecule has 1 aromatic carbocycles.